The summed E-state index contributed by atoms with van der Waals surface area (Å²) in [6.07, 6.45) is 2.02. The fourth-order valence-corrected chi connectivity index (χ4v) is 1.73. The van der Waals surface area contributed by atoms with Crippen LogP contribution >= 0.6 is 0 Å². The number of carbonyl (C=O) groups excluding carboxylic acids is 1. The summed E-state index contributed by atoms with van der Waals surface area (Å²) >= 11 is 0. The number of aliphatic hydroxyl groups excluding tert-OH is 1. The average molecular weight is 268 g/mol. The molecule has 0 saturated carbocycles. The predicted molar refractivity (Wildman–Crippen MR) is 72.4 cm³/mol. The minimum atomic E-state index is -0.236. The van der Waals surface area contributed by atoms with Gasteiger partial charge in [-0.3, -0.25) is 0 Å². The van der Waals surface area contributed by atoms with E-state index in [0.29, 0.717) is 13.0 Å². The zero-order chi connectivity index (χ0) is 14.1. The second kappa shape index (κ2) is 8.48. The van der Waals surface area contributed by atoms with Crippen molar-refractivity contribution in [2.24, 2.45) is 0 Å². The Labute approximate surface area is 113 Å². The number of amides is 2. The van der Waals surface area contributed by atoms with Crippen LogP contribution in [0.4, 0.5) is 9.18 Å². The Hall–Kier alpha value is -1.62. The van der Waals surface area contributed by atoms with Crippen molar-refractivity contribution in [3.63, 3.8) is 0 Å². The van der Waals surface area contributed by atoms with E-state index in [1.54, 1.807) is 6.07 Å². The monoisotopic (exact) mass is 268 g/mol. The molecule has 2 amide bonds. The van der Waals surface area contributed by atoms with Crippen LogP contribution in [0.15, 0.2) is 24.3 Å². The molecule has 0 heterocycles. The van der Waals surface area contributed by atoms with E-state index in [1.807, 2.05) is 13.0 Å². The van der Waals surface area contributed by atoms with Crippen LogP contribution in [0.5, 0.6) is 0 Å². The maximum Gasteiger partial charge on any atom is 0.314 e. The highest BCUT2D eigenvalue weighted by molar-refractivity contribution is 5.74. The largest absolute Gasteiger partial charge is 0.396 e. The molecule has 19 heavy (non-hydrogen) atoms. The Morgan fingerprint density at radius 3 is 2.95 bits per heavy atom. The molecule has 1 aromatic carbocycles. The minimum absolute atomic E-state index is 0.0479. The summed E-state index contributed by atoms with van der Waals surface area (Å²) in [6.45, 7) is 2.43. The number of benzene rings is 1. The molecule has 0 aliphatic rings. The van der Waals surface area contributed by atoms with Crippen molar-refractivity contribution in [2.75, 3.05) is 13.2 Å². The van der Waals surface area contributed by atoms with Crippen molar-refractivity contribution >= 4 is 6.03 Å². The van der Waals surface area contributed by atoms with Crippen LogP contribution in [0.25, 0.3) is 0 Å². The van der Waals surface area contributed by atoms with Crippen molar-refractivity contribution in [3.8, 4) is 0 Å². The predicted octanol–water partition coefficient (Wildman–Crippen LogP) is 1.83. The van der Waals surface area contributed by atoms with Gasteiger partial charge in [-0.2, -0.15) is 0 Å². The molecule has 1 aromatic rings. The van der Waals surface area contributed by atoms with E-state index in [0.717, 1.165) is 18.4 Å². The highest BCUT2D eigenvalue weighted by atomic mass is 19.1. The van der Waals surface area contributed by atoms with Gasteiger partial charge in [-0.05, 0) is 43.9 Å². The quantitative estimate of drug-likeness (QED) is 0.661. The van der Waals surface area contributed by atoms with Gasteiger partial charge in [-0.1, -0.05) is 12.1 Å². The highest BCUT2D eigenvalue weighted by Gasteiger charge is 2.05. The fraction of sp³-hybridized carbons (Fsp3) is 0.500. The first-order valence-corrected chi connectivity index (χ1v) is 6.51. The number of aryl methyl sites for hydroxylation is 1. The van der Waals surface area contributed by atoms with Crippen LogP contribution in [0.1, 0.15) is 25.3 Å². The van der Waals surface area contributed by atoms with Gasteiger partial charge >= 0.3 is 6.03 Å². The van der Waals surface area contributed by atoms with Crippen molar-refractivity contribution in [1.29, 1.82) is 0 Å². The van der Waals surface area contributed by atoms with Crippen LogP contribution < -0.4 is 10.6 Å². The van der Waals surface area contributed by atoms with E-state index >= 15 is 0 Å². The van der Waals surface area contributed by atoms with Crippen molar-refractivity contribution < 1.29 is 14.3 Å². The molecule has 5 heteroatoms. The zero-order valence-corrected chi connectivity index (χ0v) is 11.2. The number of rotatable bonds is 7. The number of halogens is 1. The van der Waals surface area contributed by atoms with Gasteiger partial charge in [0.15, 0.2) is 0 Å². The molecule has 4 nitrogen and oxygen atoms in total. The molecule has 0 bridgehead atoms. The van der Waals surface area contributed by atoms with Gasteiger partial charge in [0.2, 0.25) is 0 Å². The third-order valence-corrected chi connectivity index (χ3v) is 2.76. The summed E-state index contributed by atoms with van der Waals surface area (Å²) < 4.78 is 12.9. The Kier molecular flexibility index (Phi) is 6.89. The number of hydrogen-bond donors (Lipinski definition) is 3. The van der Waals surface area contributed by atoms with E-state index in [1.165, 1.54) is 12.1 Å². The average Bonchev–Trinajstić information content (AvgIpc) is 2.35. The topological polar surface area (TPSA) is 61.4 Å². The van der Waals surface area contributed by atoms with Gasteiger partial charge in [-0.15, -0.1) is 0 Å². The minimum Gasteiger partial charge on any atom is -0.396 e. The van der Waals surface area contributed by atoms with Crippen LogP contribution in [0.2, 0.25) is 0 Å². The molecule has 0 saturated heterocycles. The molecule has 0 unspecified atom stereocenters. The Bertz CT molecular complexity index is 399. The Morgan fingerprint density at radius 2 is 2.26 bits per heavy atom. The third kappa shape index (κ3) is 6.76. The Balaban J connectivity index is 2.15. The van der Waals surface area contributed by atoms with Gasteiger partial charge in [0.1, 0.15) is 5.82 Å². The Morgan fingerprint density at radius 1 is 1.47 bits per heavy atom. The molecular formula is C14H21FN2O2. The summed E-state index contributed by atoms with van der Waals surface area (Å²) in [6, 6.07) is 6.18. The molecule has 3 N–H and O–H groups in total. The summed E-state index contributed by atoms with van der Waals surface area (Å²) in [7, 11) is 0. The van der Waals surface area contributed by atoms with Gasteiger partial charge < -0.3 is 15.7 Å². The lowest BCUT2D eigenvalue weighted by atomic mass is 10.1. The number of carbonyl (C=O) groups is 1. The SMILES string of the molecule is C[C@H](CCO)NC(=O)NCCCc1cccc(F)c1. The second-order valence-electron chi connectivity index (χ2n) is 4.55. The third-order valence-electron chi connectivity index (χ3n) is 2.76. The van der Waals surface area contributed by atoms with Crippen LogP contribution in [-0.4, -0.2) is 30.3 Å². The molecule has 1 rings (SSSR count). The molecule has 0 aliphatic heterocycles. The lowest BCUT2D eigenvalue weighted by Gasteiger charge is -2.13. The molecule has 0 radical (unpaired) electrons. The fourth-order valence-electron chi connectivity index (χ4n) is 1.73. The van der Waals surface area contributed by atoms with Gasteiger partial charge in [0, 0.05) is 19.2 Å². The smallest absolute Gasteiger partial charge is 0.314 e. The molecule has 1 atom stereocenters. The standard InChI is InChI=1S/C14H21FN2O2/c1-11(7-9-18)17-14(19)16-8-3-5-12-4-2-6-13(15)10-12/h2,4,6,10-11,18H,3,5,7-9H2,1H3,(H2,16,17,19)/t11-/m1/s1. The van der Waals surface area contributed by atoms with E-state index < -0.39 is 0 Å². The summed E-state index contributed by atoms with van der Waals surface area (Å²) in [4.78, 5) is 11.4. The molecule has 0 aliphatic carbocycles. The number of hydrogen-bond acceptors (Lipinski definition) is 2. The molecule has 0 fully saturated rings. The lowest BCUT2D eigenvalue weighted by Crippen LogP contribution is -2.41. The highest BCUT2D eigenvalue weighted by Crippen LogP contribution is 2.05. The molecule has 0 spiro atoms. The van der Waals surface area contributed by atoms with Crippen molar-refractivity contribution in [1.82, 2.24) is 10.6 Å². The van der Waals surface area contributed by atoms with Gasteiger partial charge in [-0.25, -0.2) is 9.18 Å². The van der Waals surface area contributed by atoms with E-state index in [9.17, 15) is 9.18 Å². The van der Waals surface area contributed by atoms with Gasteiger partial charge in [0.05, 0.1) is 0 Å². The van der Waals surface area contributed by atoms with E-state index in [4.69, 9.17) is 5.11 Å². The van der Waals surface area contributed by atoms with E-state index in [-0.39, 0.29) is 24.5 Å². The van der Waals surface area contributed by atoms with Crippen LogP contribution in [0, 0.1) is 5.82 Å². The van der Waals surface area contributed by atoms with Crippen LogP contribution in [0.3, 0.4) is 0 Å². The van der Waals surface area contributed by atoms with Crippen molar-refractivity contribution in [3.05, 3.63) is 35.6 Å². The summed E-state index contributed by atoms with van der Waals surface area (Å²) in [5.74, 6) is -0.235. The maximum atomic E-state index is 12.9. The summed E-state index contributed by atoms with van der Waals surface area (Å²) in [5.41, 5.74) is 0.927. The van der Waals surface area contributed by atoms with E-state index in [2.05, 4.69) is 10.6 Å². The summed E-state index contributed by atoms with van der Waals surface area (Å²) in [5, 5.41) is 14.2. The number of aliphatic hydroxyl groups is 1. The first-order valence-electron chi connectivity index (χ1n) is 6.51. The van der Waals surface area contributed by atoms with Crippen molar-refractivity contribution in [2.45, 2.75) is 32.2 Å². The number of urea groups is 1. The molecule has 0 aromatic heterocycles. The molecular weight excluding hydrogens is 247 g/mol. The van der Waals surface area contributed by atoms with Gasteiger partial charge in [0.25, 0.3) is 0 Å². The normalized spacial score (nSPS) is 11.9. The first-order chi connectivity index (χ1) is 9.11. The zero-order valence-electron chi connectivity index (χ0n) is 11.2. The van der Waals surface area contributed by atoms with Crippen LogP contribution in [-0.2, 0) is 6.42 Å². The maximum absolute atomic E-state index is 12.9. The molecule has 106 valence electrons. The first kappa shape index (κ1) is 15.4. The second-order valence-corrected chi connectivity index (χ2v) is 4.55. The number of nitrogens with one attached hydrogen (secondary N) is 2. The lowest BCUT2D eigenvalue weighted by molar-refractivity contribution is 0.231.